The number of hydrogen-bond acceptors (Lipinski definition) is 4. The quantitative estimate of drug-likeness (QED) is 0.842. The number of rotatable bonds is 4. The number of sulfonamides is 1. The van der Waals surface area contributed by atoms with E-state index in [1.165, 1.54) is 0 Å². The molecule has 4 rings (SSSR count). The molecule has 0 bridgehead atoms. The number of nitriles is 1. The molecule has 0 aromatic heterocycles. The Balaban J connectivity index is 1.48. The predicted molar refractivity (Wildman–Crippen MR) is 87.0 cm³/mol. The van der Waals surface area contributed by atoms with Gasteiger partial charge in [0, 0.05) is 31.7 Å². The molecule has 3 fully saturated rings. The minimum atomic E-state index is -3.06. The minimum absolute atomic E-state index is 0.109. The summed E-state index contributed by atoms with van der Waals surface area (Å²) in [6.07, 6.45) is 3.52. The molecule has 23 heavy (non-hydrogen) atoms. The maximum atomic E-state index is 12.6. The first kappa shape index (κ1) is 15.1. The van der Waals surface area contributed by atoms with Crippen LogP contribution in [0.5, 0.6) is 0 Å². The molecule has 5 nitrogen and oxygen atoms in total. The van der Waals surface area contributed by atoms with E-state index in [9.17, 15) is 8.42 Å². The first-order valence-electron chi connectivity index (χ1n) is 8.33. The Labute approximate surface area is 137 Å². The monoisotopic (exact) mass is 331 g/mol. The van der Waals surface area contributed by atoms with Gasteiger partial charge in [-0.2, -0.15) is 9.57 Å². The van der Waals surface area contributed by atoms with Crippen LogP contribution < -0.4 is 0 Å². The maximum Gasteiger partial charge on any atom is 0.217 e. The molecule has 0 amide bonds. The van der Waals surface area contributed by atoms with Crippen molar-refractivity contribution in [3.05, 3.63) is 35.4 Å². The summed E-state index contributed by atoms with van der Waals surface area (Å²) in [5.74, 6) is 0. The standard InChI is InChI=1S/C17H21N3O2S/c18-11-13-2-1-3-14(10-13)12-19-8-6-17-16(19)7-9-20(17)23(21,22)15-4-5-15/h1-3,10,15-17H,4-9,12H2/t16-,17+/m1/s1. The molecule has 3 aliphatic rings. The van der Waals surface area contributed by atoms with Gasteiger partial charge >= 0.3 is 0 Å². The van der Waals surface area contributed by atoms with Crippen LogP contribution in [-0.4, -0.2) is 48.0 Å². The maximum absolute atomic E-state index is 12.6. The highest BCUT2D eigenvalue weighted by atomic mass is 32.2. The summed E-state index contributed by atoms with van der Waals surface area (Å²) in [5, 5.41) is 8.91. The number of hydrogen-bond donors (Lipinski definition) is 0. The van der Waals surface area contributed by atoms with Gasteiger partial charge in [0.05, 0.1) is 16.9 Å². The molecule has 1 aromatic rings. The van der Waals surface area contributed by atoms with Gasteiger partial charge in [-0.15, -0.1) is 0 Å². The summed E-state index contributed by atoms with van der Waals surface area (Å²) in [6, 6.07) is 10.4. The topological polar surface area (TPSA) is 64.4 Å². The van der Waals surface area contributed by atoms with Gasteiger partial charge < -0.3 is 0 Å². The Morgan fingerprint density at radius 3 is 2.65 bits per heavy atom. The Morgan fingerprint density at radius 1 is 1.13 bits per heavy atom. The van der Waals surface area contributed by atoms with Crippen molar-refractivity contribution in [2.45, 2.75) is 49.6 Å². The lowest BCUT2D eigenvalue weighted by atomic mass is 10.1. The van der Waals surface area contributed by atoms with Crippen LogP contribution in [0, 0.1) is 11.3 Å². The third-order valence-corrected chi connectivity index (χ3v) is 7.78. The largest absolute Gasteiger partial charge is 0.294 e. The molecular formula is C17H21N3O2S. The molecular weight excluding hydrogens is 310 g/mol. The normalized spacial score (nSPS) is 28.7. The van der Waals surface area contributed by atoms with E-state index in [0.717, 1.165) is 44.3 Å². The van der Waals surface area contributed by atoms with Gasteiger partial charge in [-0.25, -0.2) is 8.42 Å². The van der Waals surface area contributed by atoms with E-state index < -0.39 is 10.0 Å². The second-order valence-electron chi connectivity index (χ2n) is 6.85. The Morgan fingerprint density at radius 2 is 1.91 bits per heavy atom. The fourth-order valence-corrected chi connectivity index (χ4v) is 6.18. The van der Waals surface area contributed by atoms with Gasteiger partial charge in [-0.3, -0.25) is 4.90 Å². The van der Waals surface area contributed by atoms with Gasteiger partial charge in [0.25, 0.3) is 0 Å². The van der Waals surface area contributed by atoms with Gasteiger partial charge in [-0.05, 0) is 43.4 Å². The average molecular weight is 331 g/mol. The highest BCUT2D eigenvalue weighted by Crippen LogP contribution is 2.39. The van der Waals surface area contributed by atoms with Gasteiger partial charge in [0.15, 0.2) is 0 Å². The zero-order chi connectivity index (χ0) is 16.0. The number of likely N-dealkylation sites (tertiary alicyclic amines) is 1. The smallest absolute Gasteiger partial charge is 0.217 e. The lowest BCUT2D eigenvalue weighted by Crippen LogP contribution is -2.41. The molecule has 0 radical (unpaired) electrons. The third-order valence-electron chi connectivity index (χ3n) is 5.35. The summed E-state index contributed by atoms with van der Waals surface area (Å²) in [6.45, 7) is 2.40. The van der Waals surface area contributed by atoms with Crippen molar-refractivity contribution >= 4 is 10.0 Å². The van der Waals surface area contributed by atoms with E-state index in [1.807, 2.05) is 24.3 Å². The molecule has 6 heteroatoms. The number of nitrogens with zero attached hydrogens (tertiary/aromatic N) is 3. The minimum Gasteiger partial charge on any atom is -0.294 e. The van der Waals surface area contributed by atoms with Crippen LogP contribution in [0.15, 0.2) is 24.3 Å². The molecule has 2 saturated heterocycles. The molecule has 2 heterocycles. The third kappa shape index (κ3) is 2.67. The first-order chi connectivity index (χ1) is 11.1. The van der Waals surface area contributed by atoms with Crippen molar-refractivity contribution in [1.29, 1.82) is 5.26 Å². The second-order valence-corrected chi connectivity index (χ2v) is 9.02. The average Bonchev–Trinajstić information content (AvgIpc) is 3.22. The van der Waals surface area contributed by atoms with Gasteiger partial charge in [0.1, 0.15) is 0 Å². The van der Waals surface area contributed by atoms with E-state index in [2.05, 4.69) is 11.0 Å². The van der Waals surface area contributed by atoms with Gasteiger partial charge in [-0.1, -0.05) is 12.1 Å². The molecule has 2 aliphatic heterocycles. The predicted octanol–water partition coefficient (Wildman–Crippen LogP) is 1.70. The molecule has 1 saturated carbocycles. The first-order valence-corrected chi connectivity index (χ1v) is 9.83. The number of benzene rings is 1. The van der Waals surface area contributed by atoms with E-state index in [-0.39, 0.29) is 11.3 Å². The second kappa shape index (κ2) is 5.59. The Hall–Kier alpha value is -1.42. The fourth-order valence-electron chi connectivity index (χ4n) is 4.08. The number of fused-ring (bicyclic) bond motifs is 1. The van der Waals surface area contributed by atoms with Crippen LogP contribution in [-0.2, 0) is 16.6 Å². The highest BCUT2D eigenvalue weighted by molar-refractivity contribution is 7.90. The fraction of sp³-hybridized carbons (Fsp3) is 0.588. The summed E-state index contributed by atoms with van der Waals surface area (Å²) in [4.78, 5) is 2.39. The van der Waals surface area contributed by atoms with E-state index in [4.69, 9.17) is 5.26 Å². The lowest BCUT2D eigenvalue weighted by Gasteiger charge is -2.25. The summed E-state index contributed by atoms with van der Waals surface area (Å²) in [7, 11) is -3.06. The van der Waals surface area contributed by atoms with Gasteiger partial charge in [0.2, 0.25) is 10.0 Å². The molecule has 1 aromatic carbocycles. The summed E-state index contributed by atoms with van der Waals surface area (Å²) in [5.41, 5.74) is 1.82. The summed E-state index contributed by atoms with van der Waals surface area (Å²) >= 11 is 0. The molecule has 1 aliphatic carbocycles. The lowest BCUT2D eigenvalue weighted by molar-refractivity contribution is 0.240. The van der Waals surface area contributed by atoms with E-state index in [1.54, 1.807) is 4.31 Å². The van der Waals surface area contributed by atoms with Crippen LogP contribution in [0.4, 0.5) is 0 Å². The molecule has 0 spiro atoms. The zero-order valence-electron chi connectivity index (χ0n) is 13.1. The van der Waals surface area contributed by atoms with Crippen molar-refractivity contribution in [3.8, 4) is 6.07 Å². The highest BCUT2D eigenvalue weighted by Gasteiger charge is 2.50. The molecule has 0 unspecified atom stereocenters. The van der Waals surface area contributed by atoms with Crippen LogP contribution in [0.3, 0.4) is 0 Å². The van der Waals surface area contributed by atoms with Crippen LogP contribution >= 0.6 is 0 Å². The molecule has 0 N–H and O–H groups in total. The van der Waals surface area contributed by atoms with Crippen LogP contribution in [0.2, 0.25) is 0 Å². The van der Waals surface area contributed by atoms with Crippen molar-refractivity contribution in [1.82, 2.24) is 9.21 Å². The Kier molecular flexibility index (Phi) is 3.67. The van der Waals surface area contributed by atoms with E-state index in [0.29, 0.717) is 18.2 Å². The zero-order valence-corrected chi connectivity index (χ0v) is 13.9. The molecule has 122 valence electrons. The Bertz CT molecular complexity index is 751. The van der Waals surface area contributed by atoms with Crippen molar-refractivity contribution in [3.63, 3.8) is 0 Å². The van der Waals surface area contributed by atoms with E-state index >= 15 is 0 Å². The van der Waals surface area contributed by atoms with Crippen LogP contribution in [0.25, 0.3) is 0 Å². The SMILES string of the molecule is N#Cc1cccc(CN2CC[C@H]3[C@H]2CCN3S(=O)(=O)C2CC2)c1. The van der Waals surface area contributed by atoms with Crippen molar-refractivity contribution in [2.24, 2.45) is 0 Å². The van der Waals surface area contributed by atoms with Crippen molar-refractivity contribution in [2.75, 3.05) is 13.1 Å². The summed E-state index contributed by atoms with van der Waals surface area (Å²) < 4.78 is 26.9. The van der Waals surface area contributed by atoms with Crippen LogP contribution in [0.1, 0.15) is 36.8 Å². The van der Waals surface area contributed by atoms with Crippen molar-refractivity contribution < 1.29 is 8.42 Å². The molecule has 2 atom stereocenters.